The number of methoxy groups -OCH3 is 2. The topological polar surface area (TPSA) is 67.9 Å². The van der Waals surface area contributed by atoms with Gasteiger partial charge in [-0.2, -0.15) is 0 Å². The number of carbonyl (C=O) groups is 2. The summed E-state index contributed by atoms with van der Waals surface area (Å²) < 4.78 is 10.6. The van der Waals surface area contributed by atoms with Gasteiger partial charge < -0.3 is 19.7 Å². The molecule has 30 heavy (non-hydrogen) atoms. The van der Waals surface area contributed by atoms with E-state index in [-0.39, 0.29) is 24.8 Å². The fourth-order valence-electron chi connectivity index (χ4n) is 3.15. The normalized spacial score (nSPS) is 11.5. The molecule has 0 spiro atoms. The number of nitrogens with zero attached hydrogens (tertiary/aromatic N) is 1. The molecule has 2 amide bonds. The first-order valence-electron chi connectivity index (χ1n) is 9.92. The SMILES string of the molecule is CCNC(=O)[C@H](C)N(Cc1ccccc1Cl)C(=O)CCc1ccc(OC)c(OC)c1. The van der Waals surface area contributed by atoms with Crippen LogP contribution in [-0.2, 0) is 22.6 Å². The van der Waals surface area contributed by atoms with Crippen molar-refractivity contribution in [1.82, 2.24) is 10.2 Å². The number of hydrogen-bond acceptors (Lipinski definition) is 4. The summed E-state index contributed by atoms with van der Waals surface area (Å²) in [6.07, 6.45) is 0.768. The van der Waals surface area contributed by atoms with Crippen molar-refractivity contribution in [3.05, 3.63) is 58.6 Å². The second-order valence-corrected chi connectivity index (χ2v) is 7.28. The molecule has 162 valence electrons. The van der Waals surface area contributed by atoms with Gasteiger partial charge in [0.1, 0.15) is 6.04 Å². The maximum Gasteiger partial charge on any atom is 0.242 e. The minimum absolute atomic E-state index is 0.122. The summed E-state index contributed by atoms with van der Waals surface area (Å²) in [5.41, 5.74) is 1.75. The van der Waals surface area contributed by atoms with Gasteiger partial charge in [-0.15, -0.1) is 0 Å². The van der Waals surface area contributed by atoms with Crippen LogP contribution >= 0.6 is 11.6 Å². The van der Waals surface area contributed by atoms with E-state index >= 15 is 0 Å². The predicted molar refractivity (Wildman–Crippen MR) is 118 cm³/mol. The minimum Gasteiger partial charge on any atom is -0.493 e. The van der Waals surface area contributed by atoms with Crippen LogP contribution in [0.2, 0.25) is 5.02 Å². The Kier molecular flexibility index (Phi) is 8.99. The zero-order valence-electron chi connectivity index (χ0n) is 17.9. The number of nitrogens with one attached hydrogen (secondary N) is 1. The molecular formula is C23H29ClN2O4. The lowest BCUT2D eigenvalue weighted by Gasteiger charge is -2.29. The quantitative estimate of drug-likeness (QED) is 0.619. The van der Waals surface area contributed by atoms with Gasteiger partial charge in [0.25, 0.3) is 0 Å². The van der Waals surface area contributed by atoms with Crippen molar-refractivity contribution >= 4 is 23.4 Å². The van der Waals surface area contributed by atoms with Gasteiger partial charge in [-0.1, -0.05) is 35.9 Å². The van der Waals surface area contributed by atoms with Crippen LogP contribution < -0.4 is 14.8 Å². The maximum absolute atomic E-state index is 13.1. The number of ether oxygens (including phenoxy) is 2. The zero-order chi connectivity index (χ0) is 22.1. The molecule has 1 atom stereocenters. The fourth-order valence-corrected chi connectivity index (χ4v) is 3.34. The average Bonchev–Trinajstić information content (AvgIpc) is 2.76. The standard InChI is InChI=1S/C23H29ClN2O4/c1-5-25-23(28)16(2)26(15-18-8-6-7-9-19(18)24)22(27)13-11-17-10-12-20(29-3)21(14-17)30-4/h6-10,12,14,16H,5,11,13,15H2,1-4H3,(H,25,28)/t16-/m0/s1. The molecule has 0 aliphatic carbocycles. The van der Waals surface area contributed by atoms with E-state index in [0.717, 1.165) is 11.1 Å². The number of aryl methyl sites for hydroxylation is 1. The van der Waals surface area contributed by atoms with Gasteiger partial charge >= 0.3 is 0 Å². The molecule has 7 heteroatoms. The van der Waals surface area contributed by atoms with Gasteiger partial charge in [0.15, 0.2) is 11.5 Å². The van der Waals surface area contributed by atoms with E-state index in [1.54, 1.807) is 32.1 Å². The molecule has 0 saturated heterocycles. The molecule has 2 aromatic carbocycles. The predicted octanol–water partition coefficient (Wildman–Crippen LogP) is 3.84. The molecule has 2 rings (SSSR count). The van der Waals surface area contributed by atoms with Crippen LogP contribution in [0.25, 0.3) is 0 Å². The van der Waals surface area contributed by atoms with Crippen LogP contribution in [0.1, 0.15) is 31.4 Å². The van der Waals surface area contributed by atoms with Crippen LogP contribution in [0.15, 0.2) is 42.5 Å². The number of halogens is 1. The van der Waals surface area contributed by atoms with Crippen molar-refractivity contribution in [2.75, 3.05) is 20.8 Å². The van der Waals surface area contributed by atoms with Gasteiger partial charge in [-0.05, 0) is 49.6 Å². The molecule has 0 fully saturated rings. The lowest BCUT2D eigenvalue weighted by Crippen LogP contribution is -2.47. The molecule has 0 aliphatic heterocycles. The zero-order valence-corrected chi connectivity index (χ0v) is 18.7. The Morgan fingerprint density at radius 3 is 2.43 bits per heavy atom. The van der Waals surface area contributed by atoms with E-state index in [2.05, 4.69) is 5.32 Å². The van der Waals surface area contributed by atoms with E-state index in [4.69, 9.17) is 21.1 Å². The highest BCUT2D eigenvalue weighted by atomic mass is 35.5. The molecule has 0 heterocycles. The van der Waals surface area contributed by atoms with E-state index in [0.29, 0.717) is 29.5 Å². The van der Waals surface area contributed by atoms with Gasteiger partial charge in [-0.25, -0.2) is 0 Å². The molecule has 0 saturated carbocycles. The largest absolute Gasteiger partial charge is 0.493 e. The lowest BCUT2D eigenvalue weighted by atomic mass is 10.1. The van der Waals surface area contributed by atoms with Crippen molar-refractivity contribution < 1.29 is 19.1 Å². The Balaban J connectivity index is 2.17. The number of rotatable bonds is 10. The summed E-state index contributed by atoms with van der Waals surface area (Å²) in [6.45, 7) is 4.35. The third-order valence-corrected chi connectivity index (χ3v) is 5.26. The fraction of sp³-hybridized carbons (Fsp3) is 0.391. The van der Waals surface area contributed by atoms with E-state index in [1.807, 2.05) is 43.3 Å². The molecular weight excluding hydrogens is 404 g/mol. The summed E-state index contributed by atoms with van der Waals surface area (Å²) in [7, 11) is 3.16. The highest BCUT2D eigenvalue weighted by Gasteiger charge is 2.26. The first-order valence-corrected chi connectivity index (χ1v) is 10.3. The Labute approximate surface area is 183 Å². The van der Waals surface area contributed by atoms with Gasteiger partial charge in [-0.3, -0.25) is 9.59 Å². The van der Waals surface area contributed by atoms with Gasteiger partial charge in [0.05, 0.1) is 14.2 Å². The molecule has 2 aromatic rings. The first-order chi connectivity index (χ1) is 14.4. The van der Waals surface area contributed by atoms with Crippen LogP contribution in [0.3, 0.4) is 0 Å². The molecule has 1 N–H and O–H groups in total. The number of carbonyl (C=O) groups excluding carboxylic acids is 2. The molecule has 0 aromatic heterocycles. The monoisotopic (exact) mass is 432 g/mol. The van der Waals surface area contributed by atoms with Crippen molar-refractivity contribution in [3.8, 4) is 11.5 Å². The Hall–Kier alpha value is -2.73. The van der Waals surface area contributed by atoms with Crippen LogP contribution in [0.4, 0.5) is 0 Å². The molecule has 0 unspecified atom stereocenters. The van der Waals surface area contributed by atoms with E-state index in [1.165, 1.54) is 0 Å². The summed E-state index contributed by atoms with van der Waals surface area (Å²) in [5.74, 6) is 0.941. The summed E-state index contributed by atoms with van der Waals surface area (Å²) >= 11 is 6.29. The molecule has 0 radical (unpaired) electrons. The molecule has 6 nitrogen and oxygen atoms in total. The summed E-state index contributed by atoms with van der Waals surface area (Å²) in [4.78, 5) is 27.1. The van der Waals surface area contributed by atoms with Crippen LogP contribution in [0.5, 0.6) is 11.5 Å². The third kappa shape index (κ3) is 6.13. The number of benzene rings is 2. The molecule has 0 aliphatic rings. The number of hydrogen-bond donors (Lipinski definition) is 1. The van der Waals surface area contributed by atoms with E-state index in [9.17, 15) is 9.59 Å². The van der Waals surface area contributed by atoms with Crippen molar-refractivity contribution in [2.24, 2.45) is 0 Å². The second-order valence-electron chi connectivity index (χ2n) is 6.87. The minimum atomic E-state index is -0.612. The third-order valence-electron chi connectivity index (χ3n) is 4.89. The number of likely N-dealkylation sites (N-methyl/N-ethyl adjacent to an activating group) is 1. The first kappa shape index (κ1) is 23.5. The Morgan fingerprint density at radius 2 is 1.80 bits per heavy atom. The molecule has 0 bridgehead atoms. The lowest BCUT2D eigenvalue weighted by molar-refractivity contribution is -0.140. The average molecular weight is 433 g/mol. The van der Waals surface area contributed by atoms with Gasteiger partial charge in [0, 0.05) is 24.5 Å². The maximum atomic E-state index is 13.1. The Morgan fingerprint density at radius 1 is 1.10 bits per heavy atom. The summed E-state index contributed by atoms with van der Waals surface area (Å²) in [6, 6.07) is 12.3. The summed E-state index contributed by atoms with van der Waals surface area (Å²) in [5, 5.41) is 3.35. The second kappa shape index (κ2) is 11.5. The van der Waals surface area contributed by atoms with Crippen molar-refractivity contribution in [2.45, 2.75) is 39.3 Å². The smallest absolute Gasteiger partial charge is 0.242 e. The van der Waals surface area contributed by atoms with Crippen LogP contribution in [0, 0.1) is 0 Å². The van der Waals surface area contributed by atoms with Crippen molar-refractivity contribution in [1.29, 1.82) is 0 Å². The Bertz CT molecular complexity index is 872. The van der Waals surface area contributed by atoms with Gasteiger partial charge in [0.2, 0.25) is 11.8 Å². The van der Waals surface area contributed by atoms with Crippen molar-refractivity contribution in [3.63, 3.8) is 0 Å². The van der Waals surface area contributed by atoms with E-state index < -0.39 is 6.04 Å². The highest BCUT2D eigenvalue weighted by molar-refractivity contribution is 6.31. The number of amides is 2. The van der Waals surface area contributed by atoms with Crippen LogP contribution in [-0.4, -0.2) is 43.5 Å². The highest BCUT2D eigenvalue weighted by Crippen LogP contribution is 2.28.